The number of unbranched alkanes of at least 4 members (excludes halogenated alkanes) is 1. The molecule has 0 bridgehead atoms. The van der Waals surface area contributed by atoms with Crippen molar-refractivity contribution in [2.24, 2.45) is 0 Å². The van der Waals surface area contributed by atoms with Crippen molar-refractivity contribution < 1.29 is 14.0 Å². The van der Waals surface area contributed by atoms with Crippen LogP contribution in [-0.4, -0.2) is 34.7 Å². The van der Waals surface area contributed by atoms with Gasteiger partial charge in [0.15, 0.2) is 0 Å². The number of hydrogen-bond donors (Lipinski definition) is 0. The average molecular weight is 453 g/mol. The van der Waals surface area contributed by atoms with Crippen molar-refractivity contribution in [2.45, 2.75) is 39.8 Å². The third-order valence-corrected chi connectivity index (χ3v) is 6.18. The lowest BCUT2D eigenvalue weighted by Crippen LogP contribution is -2.42. The largest absolute Gasteiger partial charge is 0.332 e. The molecule has 1 aromatic heterocycles. The Kier molecular flexibility index (Phi) is 8.56. The van der Waals surface area contributed by atoms with E-state index in [1.807, 2.05) is 50.2 Å². The molecule has 0 spiro atoms. The van der Waals surface area contributed by atoms with Gasteiger partial charge in [-0.25, -0.2) is 4.39 Å². The van der Waals surface area contributed by atoms with E-state index in [1.165, 1.54) is 29.1 Å². The predicted octanol–water partition coefficient (Wildman–Crippen LogP) is 5.67. The molecule has 0 N–H and O–H groups in total. The summed E-state index contributed by atoms with van der Waals surface area (Å²) in [6.07, 6.45) is 1.70. The highest BCUT2D eigenvalue weighted by Gasteiger charge is 2.23. The van der Waals surface area contributed by atoms with Crippen LogP contribution in [0.2, 0.25) is 0 Å². The second-order valence-electron chi connectivity index (χ2n) is 7.83. The normalized spacial score (nSPS) is 10.7. The van der Waals surface area contributed by atoms with Crippen LogP contribution < -0.4 is 0 Å². The van der Waals surface area contributed by atoms with Gasteiger partial charge in [-0.05, 0) is 55.3 Å². The van der Waals surface area contributed by atoms with Gasteiger partial charge in [0.2, 0.25) is 5.91 Å². The standard InChI is InChI=1S/C26H29FN2O2S/c1-3-4-16-28(26(31)22-11-13-23(27)14-12-22)19-25(30)29(17-21-8-6-5-7-9-21)18-24-15-10-20(2)32-24/h5-15H,3-4,16-19H2,1-2H3. The molecule has 0 radical (unpaired) electrons. The van der Waals surface area contributed by atoms with Crippen molar-refractivity contribution in [2.75, 3.05) is 13.1 Å². The van der Waals surface area contributed by atoms with E-state index in [4.69, 9.17) is 0 Å². The molecule has 168 valence electrons. The third kappa shape index (κ3) is 6.76. The second kappa shape index (κ2) is 11.6. The van der Waals surface area contributed by atoms with Gasteiger partial charge in [-0.15, -0.1) is 11.3 Å². The van der Waals surface area contributed by atoms with Crippen LogP contribution in [0, 0.1) is 12.7 Å². The molecule has 0 saturated carbocycles. The van der Waals surface area contributed by atoms with E-state index in [2.05, 4.69) is 6.07 Å². The number of amides is 2. The Hall–Kier alpha value is -2.99. The fourth-order valence-electron chi connectivity index (χ4n) is 3.43. The molecule has 0 saturated heterocycles. The van der Waals surface area contributed by atoms with Crippen molar-refractivity contribution in [1.82, 2.24) is 9.80 Å². The SMILES string of the molecule is CCCCN(CC(=O)N(Cc1ccccc1)Cc1ccc(C)s1)C(=O)c1ccc(F)cc1. The van der Waals surface area contributed by atoms with Crippen LogP contribution in [0.3, 0.4) is 0 Å². The molecule has 0 aliphatic heterocycles. The van der Waals surface area contributed by atoms with Crippen molar-refractivity contribution in [1.29, 1.82) is 0 Å². The number of halogens is 1. The van der Waals surface area contributed by atoms with Gasteiger partial charge in [-0.1, -0.05) is 43.7 Å². The number of carbonyl (C=O) groups excluding carboxylic acids is 2. The van der Waals surface area contributed by atoms with Gasteiger partial charge in [0.1, 0.15) is 12.4 Å². The molecule has 0 unspecified atom stereocenters. The lowest BCUT2D eigenvalue weighted by molar-refractivity contribution is -0.133. The molecule has 3 aromatic rings. The number of rotatable bonds is 10. The van der Waals surface area contributed by atoms with Gasteiger partial charge < -0.3 is 9.80 Å². The minimum absolute atomic E-state index is 0.00655. The zero-order chi connectivity index (χ0) is 22.9. The Labute approximate surface area is 193 Å². The summed E-state index contributed by atoms with van der Waals surface area (Å²) in [5.41, 5.74) is 1.43. The van der Waals surface area contributed by atoms with Crippen LogP contribution in [-0.2, 0) is 17.9 Å². The first kappa shape index (κ1) is 23.7. The van der Waals surface area contributed by atoms with Crippen LogP contribution in [0.1, 0.15) is 45.4 Å². The van der Waals surface area contributed by atoms with Crippen LogP contribution in [0.25, 0.3) is 0 Å². The average Bonchev–Trinajstić information content (AvgIpc) is 3.21. The Morgan fingerprint density at radius 2 is 1.62 bits per heavy atom. The van der Waals surface area contributed by atoms with Gasteiger partial charge in [-0.3, -0.25) is 9.59 Å². The molecule has 0 aliphatic carbocycles. The molecule has 1 heterocycles. The first-order chi connectivity index (χ1) is 15.5. The van der Waals surface area contributed by atoms with Crippen LogP contribution in [0.4, 0.5) is 4.39 Å². The zero-order valence-electron chi connectivity index (χ0n) is 18.6. The summed E-state index contributed by atoms with van der Waals surface area (Å²) in [6, 6.07) is 19.4. The molecule has 0 atom stereocenters. The van der Waals surface area contributed by atoms with Gasteiger partial charge in [-0.2, -0.15) is 0 Å². The summed E-state index contributed by atoms with van der Waals surface area (Å²) in [6.45, 7) is 5.54. The second-order valence-corrected chi connectivity index (χ2v) is 9.21. The summed E-state index contributed by atoms with van der Waals surface area (Å²) in [4.78, 5) is 32.2. The van der Waals surface area contributed by atoms with Crippen molar-refractivity contribution in [3.8, 4) is 0 Å². The molecule has 3 rings (SSSR count). The molecular formula is C26H29FN2O2S. The third-order valence-electron chi connectivity index (χ3n) is 5.20. The number of aryl methyl sites for hydroxylation is 1. The van der Waals surface area contributed by atoms with Gasteiger partial charge >= 0.3 is 0 Å². The van der Waals surface area contributed by atoms with E-state index >= 15 is 0 Å². The Morgan fingerprint density at radius 1 is 0.906 bits per heavy atom. The first-order valence-electron chi connectivity index (χ1n) is 10.9. The van der Waals surface area contributed by atoms with E-state index in [-0.39, 0.29) is 18.4 Å². The maximum Gasteiger partial charge on any atom is 0.254 e. The van der Waals surface area contributed by atoms with Gasteiger partial charge in [0.25, 0.3) is 5.91 Å². The van der Waals surface area contributed by atoms with Crippen molar-refractivity contribution in [3.05, 3.63) is 93.4 Å². The van der Waals surface area contributed by atoms with Crippen molar-refractivity contribution >= 4 is 23.2 Å². The fraction of sp³-hybridized carbons (Fsp3) is 0.308. The molecule has 2 amide bonds. The molecule has 0 fully saturated rings. The molecule has 32 heavy (non-hydrogen) atoms. The highest BCUT2D eigenvalue weighted by Crippen LogP contribution is 2.19. The molecule has 2 aromatic carbocycles. The van der Waals surface area contributed by atoms with E-state index in [0.717, 1.165) is 23.3 Å². The number of carbonyl (C=O) groups is 2. The summed E-state index contributed by atoms with van der Waals surface area (Å²) in [5, 5.41) is 0. The van der Waals surface area contributed by atoms with E-state index in [9.17, 15) is 14.0 Å². The number of nitrogens with zero attached hydrogens (tertiary/aromatic N) is 2. The number of benzene rings is 2. The Bertz CT molecular complexity index is 1020. The van der Waals surface area contributed by atoms with Gasteiger partial charge in [0, 0.05) is 28.4 Å². The highest BCUT2D eigenvalue weighted by atomic mass is 32.1. The minimum atomic E-state index is -0.391. The fourth-order valence-corrected chi connectivity index (χ4v) is 4.34. The lowest BCUT2D eigenvalue weighted by Gasteiger charge is -2.28. The van der Waals surface area contributed by atoms with Crippen LogP contribution >= 0.6 is 11.3 Å². The van der Waals surface area contributed by atoms with Gasteiger partial charge in [0.05, 0.1) is 6.54 Å². The highest BCUT2D eigenvalue weighted by molar-refractivity contribution is 7.11. The molecule has 6 heteroatoms. The number of thiophene rings is 1. The summed E-state index contributed by atoms with van der Waals surface area (Å²) in [5.74, 6) is -0.747. The van der Waals surface area contributed by atoms with E-state index < -0.39 is 5.82 Å². The summed E-state index contributed by atoms with van der Waals surface area (Å²) < 4.78 is 13.3. The maximum atomic E-state index is 13.4. The monoisotopic (exact) mass is 452 g/mol. The molecular weight excluding hydrogens is 423 g/mol. The smallest absolute Gasteiger partial charge is 0.254 e. The van der Waals surface area contributed by atoms with Crippen LogP contribution in [0.5, 0.6) is 0 Å². The van der Waals surface area contributed by atoms with Crippen LogP contribution in [0.15, 0.2) is 66.7 Å². The quantitative estimate of drug-likeness (QED) is 0.398. The van der Waals surface area contributed by atoms with Crippen molar-refractivity contribution in [3.63, 3.8) is 0 Å². The predicted molar refractivity (Wildman–Crippen MR) is 127 cm³/mol. The zero-order valence-corrected chi connectivity index (χ0v) is 19.4. The Morgan fingerprint density at radius 3 is 2.25 bits per heavy atom. The van der Waals surface area contributed by atoms with E-state index in [1.54, 1.807) is 21.1 Å². The molecule has 0 aliphatic rings. The lowest BCUT2D eigenvalue weighted by atomic mass is 10.1. The topological polar surface area (TPSA) is 40.6 Å². The first-order valence-corrected chi connectivity index (χ1v) is 11.7. The summed E-state index contributed by atoms with van der Waals surface area (Å²) in [7, 11) is 0. The maximum absolute atomic E-state index is 13.4. The number of hydrogen-bond acceptors (Lipinski definition) is 3. The molecule has 4 nitrogen and oxygen atoms in total. The minimum Gasteiger partial charge on any atom is -0.332 e. The van der Waals surface area contributed by atoms with E-state index in [0.29, 0.717) is 25.2 Å². The Balaban J connectivity index is 1.79. The summed E-state index contributed by atoms with van der Waals surface area (Å²) >= 11 is 1.67.